The van der Waals surface area contributed by atoms with E-state index < -0.39 is 5.79 Å². The zero-order chi connectivity index (χ0) is 16.6. The highest BCUT2D eigenvalue weighted by molar-refractivity contribution is 5.87. The second-order valence-corrected chi connectivity index (χ2v) is 6.47. The maximum Gasteiger partial charge on any atom is 0.246 e. The molecule has 0 N–H and O–H groups in total. The van der Waals surface area contributed by atoms with Crippen molar-refractivity contribution in [2.75, 3.05) is 13.2 Å². The maximum absolute atomic E-state index is 12.4. The van der Waals surface area contributed by atoms with Crippen LogP contribution in [-0.4, -0.2) is 35.8 Å². The Morgan fingerprint density at radius 1 is 1.33 bits per heavy atom. The third kappa shape index (κ3) is 2.74. The predicted octanol–water partition coefficient (Wildman–Crippen LogP) is 3.24. The van der Waals surface area contributed by atoms with Gasteiger partial charge in [0.15, 0.2) is 5.79 Å². The Hall–Kier alpha value is -2.11. The van der Waals surface area contributed by atoms with Gasteiger partial charge in [-0.3, -0.25) is 4.79 Å². The third-order valence-electron chi connectivity index (χ3n) is 4.99. The van der Waals surface area contributed by atoms with Gasteiger partial charge in [0.05, 0.1) is 19.5 Å². The second-order valence-electron chi connectivity index (χ2n) is 6.47. The molecule has 1 saturated carbocycles. The van der Waals surface area contributed by atoms with Gasteiger partial charge in [-0.1, -0.05) is 12.6 Å². The molecule has 4 rings (SSSR count). The Morgan fingerprint density at radius 2 is 2.17 bits per heavy atom. The van der Waals surface area contributed by atoms with Crippen LogP contribution in [0.1, 0.15) is 24.8 Å². The van der Waals surface area contributed by atoms with E-state index >= 15 is 0 Å². The first kappa shape index (κ1) is 15.4. The van der Waals surface area contributed by atoms with E-state index in [1.807, 2.05) is 23.1 Å². The van der Waals surface area contributed by atoms with Crippen molar-refractivity contribution in [1.29, 1.82) is 0 Å². The fourth-order valence-corrected chi connectivity index (χ4v) is 3.79. The minimum atomic E-state index is -0.487. The van der Waals surface area contributed by atoms with Crippen LogP contribution in [0.25, 0.3) is 11.0 Å². The number of hydrogen-bond acceptors (Lipinski definition) is 4. The maximum atomic E-state index is 12.4. The van der Waals surface area contributed by atoms with Gasteiger partial charge in [0, 0.05) is 30.8 Å². The fourth-order valence-electron chi connectivity index (χ4n) is 3.79. The average molecular weight is 327 g/mol. The largest absolute Gasteiger partial charge is 0.464 e. The predicted molar refractivity (Wildman–Crippen MR) is 89.2 cm³/mol. The monoisotopic (exact) mass is 327 g/mol. The lowest BCUT2D eigenvalue weighted by molar-refractivity contribution is -0.154. The zero-order valence-electron chi connectivity index (χ0n) is 13.6. The van der Waals surface area contributed by atoms with Gasteiger partial charge in [-0.2, -0.15) is 0 Å². The van der Waals surface area contributed by atoms with Gasteiger partial charge in [0.25, 0.3) is 0 Å². The number of benzene rings is 1. The number of carbonyl (C=O) groups is 1. The summed E-state index contributed by atoms with van der Waals surface area (Å²) >= 11 is 0. The summed E-state index contributed by atoms with van der Waals surface area (Å²) in [5.74, 6) is -0.541. The van der Waals surface area contributed by atoms with Gasteiger partial charge in [-0.05, 0) is 36.3 Å². The molecule has 24 heavy (non-hydrogen) atoms. The lowest BCUT2D eigenvalue weighted by Gasteiger charge is -2.29. The Labute approximate surface area is 140 Å². The van der Waals surface area contributed by atoms with Gasteiger partial charge < -0.3 is 18.8 Å². The SMILES string of the molecule is C=CC(=O)N(Cc1ccc2occc2c1)C1CCC2(C1)OCCO2. The summed E-state index contributed by atoms with van der Waals surface area (Å²) in [7, 11) is 0. The summed E-state index contributed by atoms with van der Waals surface area (Å²) in [4.78, 5) is 14.3. The smallest absolute Gasteiger partial charge is 0.246 e. The molecular formula is C19H21NO4. The molecule has 1 aliphatic carbocycles. The minimum absolute atomic E-state index is 0.0534. The summed E-state index contributed by atoms with van der Waals surface area (Å²) in [6.07, 6.45) is 5.50. The van der Waals surface area contributed by atoms with Gasteiger partial charge >= 0.3 is 0 Å². The second kappa shape index (κ2) is 6.07. The first-order valence-corrected chi connectivity index (χ1v) is 8.36. The highest BCUT2D eigenvalue weighted by Crippen LogP contribution is 2.40. The Balaban J connectivity index is 1.55. The number of hydrogen-bond donors (Lipinski definition) is 0. The van der Waals surface area contributed by atoms with Crippen molar-refractivity contribution in [3.63, 3.8) is 0 Å². The molecule has 126 valence electrons. The first-order chi connectivity index (χ1) is 11.7. The lowest BCUT2D eigenvalue weighted by Crippen LogP contribution is -2.39. The van der Waals surface area contributed by atoms with Crippen molar-refractivity contribution in [3.05, 3.63) is 48.7 Å². The summed E-state index contributed by atoms with van der Waals surface area (Å²) in [6, 6.07) is 8.05. The van der Waals surface area contributed by atoms with E-state index in [1.54, 1.807) is 6.26 Å². The summed E-state index contributed by atoms with van der Waals surface area (Å²) < 4.78 is 17.0. The molecule has 1 aromatic carbocycles. The van der Waals surface area contributed by atoms with Crippen molar-refractivity contribution in [2.24, 2.45) is 0 Å². The molecule has 1 aromatic heterocycles. The third-order valence-corrected chi connectivity index (χ3v) is 4.99. The van der Waals surface area contributed by atoms with Crippen LogP contribution in [0.3, 0.4) is 0 Å². The molecule has 5 heteroatoms. The van der Waals surface area contributed by atoms with Gasteiger partial charge in [-0.15, -0.1) is 0 Å². The Kier molecular flexibility index (Phi) is 3.90. The van der Waals surface area contributed by atoms with Crippen molar-refractivity contribution in [2.45, 2.75) is 37.6 Å². The van der Waals surface area contributed by atoms with E-state index in [9.17, 15) is 4.79 Å². The topological polar surface area (TPSA) is 51.9 Å². The number of amides is 1. The van der Waals surface area contributed by atoms with E-state index in [0.29, 0.717) is 19.8 Å². The quantitative estimate of drug-likeness (QED) is 0.809. The molecule has 5 nitrogen and oxygen atoms in total. The molecule has 2 aromatic rings. The number of carbonyl (C=O) groups excluding carboxylic acids is 1. The van der Waals surface area contributed by atoms with Crippen LogP contribution in [0, 0.1) is 0 Å². The number of furan rings is 1. The van der Waals surface area contributed by atoms with Crippen molar-refractivity contribution < 1.29 is 18.7 Å². The normalized spacial score (nSPS) is 22.2. The van der Waals surface area contributed by atoms with Crippen LogP contribution < -0.4 is 0 Å². The molecule has 1 aliphatic heterocycles. The molecule has 0 bridgehead atoms. The molecule has 1 atom stereocenters. The van der Waals surface area contributed by atoms with Crippen LogP contribution in [0.4, 0.5) is 0 Å². The van der Waals surface area contributed by atoms with E-state index in [2.05, 4.69) is 12.6 Å². The van der Waals surface area contributed by atoms with Gasteiger partial charge in [0.2, 0.25) is 5.91 Å². The van der Waals surface area contributed by atoms with E-state index in [4.69, 9.17) is 13.9 Å². The zero-order valence-corrected chi connectivity index (χ0v) is 13.6. The average Bonchev–Trinajstić information content (AvgIpc) is 3.33. The number of fused-ring (bicyclic) bond motifs is 1. The van der Waals surface area contributed by atoms with Crippen molar-refractivity contribution in [3.8, 4) is 0 Å². The molecule has 1 amide bonds. The first-order valence-electron chi connectivity index (χ1n) is 8.36. The van der Waals surface area contributed by atoms with E-state index in [1.165, 1.54) is 6.08 Å². The summed E-state index contributed by atoms with van der Waals surface area (Å²) in [6.45, 7) is 5.48. The molecule has 2 aliphatic rings. The molecule has 0 radical (unpaired) electrons. The van der Waals surface area contributed by atoms with Crippen LogP contribution in [0.5, 0.6) is 0 Å². The molecule has 1 unspecified atom stereocenters. The highest BCUT2D eigenvalue weighted by Gasteiger charge is 2.46. The van der Waals surface area contributed by atoms with Gasteiger partial charge in [-0.25, -0.2) is 0 Å². The van der Waals surface area contributed by atoms with E-state index in [-0.39, 0.29) is 11.9 Å². The van der Waals surface area contributed by atoms with Crippen LogP contribution >= 0.6 is 0 Å². The van der Waals surface area contributed by atoms with E-state index in [0.717, 1.165) is 35.8 Å². The lowest BCUT2D eigenvalue weighted by atomic mass is 10.1. The van der Waals surface area contributed by atoms with Crippen LogP contribution in [0.15, 0.2) is 47.6 Å². The van der Waals surface area contributed by atoms with Crippen LogP contribution in [-0.2, 0) is 20.8 Å². The van der Waals surface area contributed by atoms with Crippen molar-refractivity contribution >= 4 is 16.9 Å². The minimum Gasteiger partial charge on any atom is -0.464 e. The van der Waals surface area contributed by atoms with Crippen LogP contribution in [0.2, 0.25) is 0 Å². The molecule has 1 spiro atoms. The number of nitrogens with zero attached hydrogens (tertiary/aromatic N) is 1. The Morgan fingerprint density at radius 3 is 2.96 bits per heavy atom. The Bertz CT molecular complexity index is 760. The standard InChI is InChI=1S/C19H21NO4/c1-2-18(21)20(16-5-7-19(12-16)23-9-10-24-19)13-14-3-4-17-15(11-14)6-8-22-17/h2-4,6,8,11,16H,1,5,7,9-10,12-13H2. The fraction of sp³-hybridized carbons (Fsp3) is 0.421. The molecule has 2 fully saturated rings. The molecular weight excluding hydrogens is 306 g/mol. The summed E-state index contributed by atoms with van der Waals surface area (Å²) in [5.41, 5.74) is 1.93. The van der Waals surface area contributed by atoms with Crippen molar-refractivity contribution in [1.82, 2.24) is 4.90 Å². The van der Waals surface area contributed by atoms with Gasteiger partial charge in [0.1, 0.15) is 5.58 Å². The summed E-state index contributed by atoms with van der Waals surface area (Å²) in [5, 5.41) is 1.05. The molecule has 2 heterocycles. The molecule has 1 saturated heterocycles. The number of ether oxygens (including phenoxy) is 2. The highest BCUT2D eigenvalue weighted by atomic mass is 16.7. The number of rotatable bonds is 4.